The lowest BCUT2D eigenvalue weighted by Crippen LogP contribution is -2.46. The highest BCUT2D eigenvalue weighted by molar-refractivity contribution is 7.92. The third-order valence-electron chi connectivity index (χ3n) is 2.70. The number of halogens is 3. The van der Waals surface area contributed by atoms with Gasteiger partial charge in [0.2, 0.25) is 5.91 Å². The Bertz CT molecular complexity index is 603. The fourth-order valence-corrected chi connectivity index (χ4v) is 3.09. The van der Waals surface area contributed by atoms with Crippen molar-refractivity contribution in [3.8, 4) is 0 Å². The summed E-state index contributed by atoms with van der Waals surface area (Å²) < 4.78 is 60.5. The Kier molecular flexibility index (Phi) is 4.55. The van der Waals surface area contributed by atoms with Crippen LogP contribution in [-0.2, 0) is 21.2 Å². The van der Waals surface area contributed by atoms with Crippen LogP contribution in [0.15, 0.2) is 16.3 Å². The van der Waals surface area contributed by atoms with Crippen molar-refractivity contribution >= 4 is 27.1 Å². The predicted molar refractivity (Wildman–Crippen MR) is 69.1 cm³/mol. The van der Waals surface area contributed by atoms with Crippen molar-refractivity contribution in [2.75, 3.05) is 6.26 Å². The normalized spacial score (nSPS) is 13.3. The zero-order valence-electron chi connectivity index (χ0n) is 11.0. The van der Waals surface area contributed by atoms with E-state index in [0.717, 1.165) is 31.4 Å². The first-order valence-corrected chi connectivity index (χ1v) is 8.20. The summed E-state index contributed by atoms with van der Waals surface area (Å²) >= 11 is 0.916. The number of amides is 1. The van der Waals surface area contributed by atoms with Crippen molar-refractivity contribution in [3.63, 3.8) is 0 Å². The Labute approximate surface area is 118 Å². The number of carbonyl (C=O) groups excluding carboxylic acids is 1. The van der Waals surface area contributed by atoms with Gasteiger partial charge in [0.15, 0.2) is 9.84 Å². The second-order valence-electron chi connectivity index (χ2n) is 4.80. The molecule has 9 heteroatoms. The maximum atomic E-state index is 12.6. The Balaban J connectivity index is 2.74. The van der Waals surface area contributed by atoms with Gasteiger partial charge in [-0.2, -0.15) is 13.2 Å². The molecule has 0 radical (unpaired) electrons. The number of nitrogens with one attached hydrogen (secondary N) is 1. The molecule has 0 bridgehead atoms. The molecule has 20 heavy (non-hydrogen) atoms. The third-order valence-corrected chi connectivity index (χ3v) is 5.61. The molecule has 0 aliphatic carbocycles. The molecular formula is C11H14F3NO3S2. The quantitative estimate of drug-likeness (QED) is 0.922. The van der Waals surface area contributed by atoms with Crippen LogP contribution in [0.1, 0.15) is 18.7 Å². The van der Waals surface area contributed by atoms with Crippen LogP contribution in [0.2, 0.25) is 0 Å². The topological polar surface area (TPSA) is 63.2 Å². The molecule has 0 atom stereocenters. The van der Waals surface area contributed by atoms with Crippen LogP contribution in [0.25, 0.3) is 0 Å². The first-order valence-electron chi connectivity index (χ1n) is 5.49. The molecule has 1 aromatic heterocycles. The fourth-order valence-electron chi connectivity index (χ4n) is 1.17. The van der Waals surface area contributed by atoms with E-state index in [1.165, 1.54) is 12.1 Å². The van der Waals surface area contributed by atoms with Crippen LogP contribution < -0.4 is 5.32 Å². The average molecular weight is 329 g/mol. The van der Waals surface area contributed by atoms with Crippen LogP contribution in [-0.4, -0.2) is 26.8 Å². The number of thiophene rings is 1. The highest BCUT2D eigenvalue weighted by atomic mass is 32.2. The van der Waals surface area contributed by atoms with E-state index in [1.807, 2.05) is 0 Å². The summed E-state index contributed by atoms with van der Waals surface area (Å²) in [7, 11) is -3.35. The van der Waals surface area contributed by atoms with Crippen molar-refractivity contribution in [2.24, 2.45) is 5.41 Å². The summed E-state index contributed by atoms with van der Waals surface area (Å²) in [5.41, 5.74) is -2.50. The molecule has 0 saturated carbocycles. The lowest BCUT2D eigenvalue weighted by Gasteiger charge is -2.26. The second-order valence-corrected chi connectivity index (χ2v) is 8.21. The molecular weight excluding hydrogens is 315 g/mol. The van der Waals surface area contributed by atoms with Crippen molar-refractivity contribution in [2.45, 2.75) is 30.8 Å². The summed E-state index contributed by atoms with van der Waals surface area (Å²) in [5, 5.41) is 2.17. The van der Waals surface area contributed by atoms with Gasteiger partial charge in [-0.3, -0.25) is 4.79 Å². The Morgan fingerprint density at radius 1 is 1.30 bits per heavy atom. The van der Waals surface area contributed by atoms with Crippen LogP contribution in [0.5, 0.6) is 0 Å². The van der Waals surface area contributed by atoms with Crippen LogP contribution in [0, 0.1) is 5.41 Å². The van der Waals surface area contributed by atoms with Gasteiger partial charge in [-0.1, -0.05) is 0 Å². The molecule has 1 rings (SSSR count). The van der Waals surface area contributed by atoms with Crippen LogP contribution in [0.3, 0.4) is 0 Å². The Morgan fingerprint density at radius 2 is 1.85 bits per heavy atom. The maximum Gasteiger partial charge on any atom is 0.402 e. The van der Waals surface area contributed by atoms with E-state index >= 15 is 0 Å². The van der Waals surface area contributed by atoms with E-state index in [4.69, 9.17) is 0 Å². The molecule has 4 nitrogen and oxygen atoms in total. The molecule has 1 heterocycles. The minimum Gasteiger partial charge on any atom is -0.350 e. The second kappa shape index (κ2) is 5.36. The van der Waals surface area contributed by atoms with E-state index in [2.05, 4.69) is 5.32 Å². The van der Waals surface area contributed by atoms with E-state index in [9.17, 15) is 26.4 Å². The SMILES string of the molecule is CC(C)(C(=O)NCc1ccc(S(C)(=O)=O)s1)C(F)(F)F. The van der Waals surface area contributed by atoms with Crippen molar-refractivity contribution < 1.29 is 26.4 Å². The van der Waals surface area contributed by atoms with E-state index in [-0.39, 0.29) is 10.8 Å². The van der Waals surface area contributed by atoms with Crippen molar-refractivity contribution in [1.29, 1.82) is 0 Å². The summed E-state index contributed by atoms with van der Waals surface area (Å²) in [5.74, 6) is -1.15. The monoisotopic (exact) mass is 329 g/mol. The molecule has 0 aromatic carbocycles. The zero-order chi connectivity index (χ0) is 15.8. The number of rotatable bonds is 4. The molecule has 1 N–H and O–H groups in total. The first kappa shape index (κ1) is 17.0. The minimum absolute atomic E-state index is 0.108. The highest BCUT2D eigenvalue weighted by Gasteiger charge is 2.52. The summed E-state index contributed by atoms with van der Waals surface area (Å²) in [4.78, 5) is 12.0. The lowest BCUT2D eigenvalue weighted by atomic mass is 9.91. The van der Waals surface area contributed by atoms with Gasteiger partial charge >= 0.3 is 6.18 Å². The summed E-state index contributed by atoms with van der Waals surface area (Å²) in [6, 6.07) is 2.82. The number of carbonyl (C=O) groups is 1. The van der Waals surface area contributed by atoms with Gasteiger partial charge in [0.1, 0.15) is 9.62 Å². The van der Waals surface area contributed by atoms with Crippen molar-refractivity contribution in [1.82, 2.24) is 5.32 Å². The zero-order valence-corrected chi connectivity index (χ0v) is 12.7. The number of sulfone groups is 1. The maximum absolute atomic E-state index is 12.6. The summed E-state index contributed by atoms with van der Waals surface area (Å²) in [6.45, 7) is 1.44. The number of hydrogen-bond donors (Lipinski definition) is 1. The molecule has 0 aliphatic heterocycles. The molecule has 0 aliphatic rings. The molecule has 114 valence electrons. The summed E-state index contributed by atoms with van der Waals surface area (Å²) in [6.07, 6.45) is -3.61. The van der Waals surface area contributed by atoms with Gasteiger partial charge in [0, 0.05) is 11.1 Å². The van der Waals surface area contributed by atoms with Gasteiger partial charge in [0.05, 0.1) is 6.54 Å². The molecule has 1 aromatic rings. The third kappa shape index (κ3) is 3.72. The van der Waals surface area contributed by atoms with E-state index in [0.29, 0.717) is 4.88 Å². The molecule has 0 unspecified atom stereocenters. The standard InChI is InChI=1S/C11H14F3NO3S2/c1-10(2,11(12,13)14)9(16)15-6-7-4-5-8(19-7)20(3,17)18/h4-5H,6H2,1-3H3,(H,15,16). The van der Waals surface area contributed by atoms with Gasteiger partial charge < -0.3 is 5.32 Å². The van der Waals surface area contributed by atoms with Gasteiger partial charge in [0.25, 0.3) is 0 Å². The largest absolute Gasteiger partial charge is 0.402 e. The van der Waals surface area contributed by atoms with Gasteiger partial charge in [-0.05, 0) is 26.0 Å². The smallest absolute Gasteiger partial charge is 0.350 e. The first-order chi connectivity index (χ1) is 8.85. The predicted octanol–water partition coefficient (Wildman–Crippen LogP) is 2.36. The fraction of sp³-hybridized carbons (Fsp3) is 0.545. The average Bonchev–Trinajstić information content (AvgIpc) is 2.72. The van der Waals surface area contributed by atoms with Gasteiger partial charge in [-0.15, -0.1) is 11.3 Å². The molecule has 1 amide bonds. The van der Waals surface area contributed by atoms with E-state index < -0.39 is 27.3 Å². The van der Waals surface area contributed by atoms with Crippen LogP contribution in [0.4, 0.5) is 13.2 Å². The molecule has 0 saturated heterocycles. The lowest BCUT2D eigenvalue weighted by molar-refractivity contribution is -0.211. The minimum atomic E-state index is -4.65. The van der Waals surface area contributed by atoms with Crippen molar-refractivity contribution in [3.05, 3.63) is 17.0 Å². The number of alkyl halides is 3. The number of hydrogen-bond acceptors (Lipinski definition) is 4. The highest BCUT2D eigenvalue weighted by Crippen LogP contribution is 2.37. The molecule has 0 fully saturated rings. The van der Waals surface area contributed by atoms with E-state index in [1.54, 1.807) is 0 Å². The molecule has 0 spiro atoms. The van der Waals surface area contributed by atoms with Gasteiger partial charge in [-0.25, -0.2) is 8.42 Å². The Hall–Kier alpha value is -1.09. The van der Waals surface area contributed by atoms with Crippen LogP contribution >= 0.6 is 11.3 Å². The Morgan fingerprint density at radius 3 is 2.25 bits per heavy atom.